The Bertz CT molecular complexity index is 993. The van der Waals surface area contributed by atoms with Gasteiger partial charge in [0.25, 0.3) is 0 Å². The van der Waals surface area contributed by atoms with Crippen molar-refractivity contribution >= 4 is 11.4 Å². The Morgan fingerprint density at radius 2 is 0.828 bits per heavy atom. The lowest BCUT2D eigenvalue weighted by molar-refractivity contribution is 0.560. The van der Waals surface area contributed by atoms with Crippen molar-refractivity contribution in [2.75, 3.05) is 4.90 Å². The van der Waals surface area contributed by atoms with Crippen LogP contribution in [0, 0.1) is 0 Å². The molecular formula is C28H27N. The molecule has 0 unspecified atom stereocenters. The van der Waals surface area contributed by atoms with Crippen molar-refractivity contribution in [2.45, 2.75) is 26.3 Å². The van der Waals surface area contributed by atoms with E-state index in [0.717, 1.165) is 0 Å². The molecular weight excluding hydrogens is 350 g/mol. The van der Waals surface area contributed by atoms with Gasteiger partial charge in [-0.15, -0.1) is 0 Å². The molecule has 29 heavy (non-hydrogen) atoms. The van der Waals surface area contributed by atoms with E-state index < -0.39 is 0 Å². The first kappa shape index (κ1) is 19.0. The van der Waals surface area contributed by atoms with Crippen molar-refractivity contribution in [1.82, 2.24) is 0 Å². The van der Waals surface area contributed by atoms with Crippen LogP contribution in [0.2, 0.25) is 0 Å². The molecule has 4 aromatic carbocycles. The van der Waals surface area contributed by atoms with Crippen LogP contribution in [0.15, 0.2) is 109 Å². The summed E-state index contributed by atoms with van der Waals surface area (Å²) < 4.78 is 0. The maximum atomic E-state index is 2.42. The predicted molar refractivity (Wildman–Crippen MR) is 126 cm³/mol. The average Bonchev–Trinajstić information content (AvgIpc) is 2.75. The zero-order valence-corrected chi connectivity index (χ0v) is 17.3. The van der Waals surface area contributed by atoms with E-state index in [9.17, 15) is 0 Å². The molecule has 0 aliphatic heterocycles. The molecule has 0 saturated carbocycles. The van der Waals surface area contributed by atoms with Crippen LogP contribution in [0.25, 0.3) is 22.3 Å². The number of hydrogen-bond acceptors (Lipinski definition) is 1. The van der Waals surface area contributed by atoms with E-state index in [4.69, 9.17) is 0 Å². The van der Waals surface area contributed by atoms with Crippen LogP contribution in [0.5, 0.6) is 0 Å². The zero-order chi connectivity index (χ0) is 20.3. The molecule has 0 aromatic heterocycles. The third-order valence-electron chi connectivity index (χ3n) is 5.09. The summed E-state index contributed by atoms with van der Waals surface area (Å²) in [6.07, 6.45) is 0. The van der Waals surface area contributed by atoms with Gasteiger partial charge in [-0.3, -0.25) is 0 Å². The highest BCUT2D eigenvalue weighted by molar-refractivity contribution is 5.76. The van der Waals surface area contributed by atoms with Crippen LogP contribution in [0.4, 0.5) is 11.4 Å². The topological polar surface area (TPSA) is 3.24 Å². The molecule has 0 saturated heterocycles. The second kappa shape index (κ2) is 7.97. The zero-order valence-electron chi connectivity index (χ0n) is 17.3. The van der Waals surface area contributed by atoms with E-state index in [1.807, 2.05) is 0 Å². The van der Waals surface area contributed by atoms with Crippen LogP contribution < -0.4 is 4.90 Å². The Morgan fingerprint density at radius 1 is 0.448 bits per heavy atom. The van der Waals surface area contributed by atoms with Gasteiger partial charge in [-0.25, -0.2) is 0 Å². The third kappa shape index (κ3) is 4.25. The molecule has 4 aromatic rings. The molecule has 0 aliphatic rings. The van der Waals surface area contributed by atoms with Gasteiger partial charge in [0, 0.05) is 16.9 Å². The van der Waals surface area contributed by atoms with E-state index in [2.05, 4.69) is 135 Å². The lowest BCUT2D eigenvalue weighted by Gasteiger charge is -2.38. The van der Waals surface area contributed by atoms with Gasteiger partial charge < -0.3 is 4.90 Å². The van der Waals surface area contributed by atoms with Crippen LogP contribution in [-0.2, 0) is 0 Å². The highest BCUT2D eigenvalue weighted by Gasteiger charge is 2.24. The quantitative estimate of drug-likeness (QED) is 0.349. The van der Waals surface area contributed by atoms with Gasteiger partial charge in [-0.2, -0.15) is 0 Å². The lowest BCUT2D eigenvalue weighted by atomic mass is 9.98. The maximum Gasteiger partial charge on any atom is 0.0422 e. The van der Waals surface area contributed by atoms with Gasteiger partial charge >= 0.3 is 0 Å². The summed E-state index contributed by atoms with van der Waals surface area (Å²) in [4.78, 5) is 2.42. The van der Waals surface area contributed by atoms with Crippen molar-refractivity contribution in [2.24, 2.45) is 0 Å². The Labute approximate surface area is 174 Å². The third-order valence-corrected chi connectivity index (χ3v) is 5.09. The molecule has 0 heterocycles. The minimum absolute atomic E-state index is 0.0649. The van der Waals surface area contributed by atoms with Crippen LogP contribution in [-0.4, -0.2) is 5.54 Å². The number of rotatable bonds is 4. The first-order chi connectivity index (χ1) is 14.0. The van der Waals surface area contributed by atoms with Crippen molar-refractivity contribution in [1.29, 1.82) is 0 Å². The lowest BCUT2D eigenvalue weighted by Crippen LogP contribution is -2.37. The summed E-state index contributed by atoms with van der Waals surface area (Å²) >= 11 is 0. The minimum Gasteiger partial charge on any atom is -0.336 e. The molecule has 1 nitrogen and oxygen atoms in total. The number of nitrogens with zero attached hydrogens (tertiary/aromatic N) is 1. The Hall–Kier alpha value is -3.32. The SMILES string of the molecule is CC(C)(C)N(c1cccc(-c2ccccc2)c1)c1cccc(-c2ccccc2)c1. The molecule has 0 radical (unpaired) electrons. The largest absolute Gasteiger partial charge is 0.336 e. The van der Waals surface area contributed by atoms with E-state index in [0.29, 0.717) is 0 Å². The molecule has 0 spiro atoms. The highest BCUT2D eigenvalue weighted by Crippen LogP contribution is 2.37. The van der Waals surface area contributed by atoms with Gasteiger partial charge in [-0.05, 0) is 67.3 Å². The second-order valence-electron chi connectivity index (χ2n) is 8.34. The van der Waals surface area contributed by atoms with Gasteiger partial charge in [-0.1, -0.05) is 84.9 Å². The monoisotopic (exact) mass is 377 g/mol. The smallest absolute Gasteiger partial charge is 0.0422 e. The summed E-state index contributed by atoms with van der Waals surface area (Å²) in [6, 6.07) is 38.8. The normalized spacial score (nSPS) is 11.3. The van der Waals surface area contributed by atoms with Gasteiger partial charge in [0.2, 0.25) is 0 Å². The fraction of sp³-hybridized carbons (Fsp3) is 0.143. The van der Waals surface area contributed by atoms with E-state index in [-0.39, 0.29) is 5.54 Å². The molecule has 0 atom stereocenters. The summed E-state index contributed by atoms with van der Waals surface area (Å²) in [5.74, 6) is 0. The highest BCUT2D eigenvalue weighted by atomic mass is 15.2. The van der Waals surface area contributed by atoms with Crippen molar-refractivity contribution in [3.63, 3.8) is 0 Å². The Morgan fingerprint density at radius 3 is 1.21 bits per heavy atom. The second-order valence-corrected chi connectivity index (χ2v) is 8.34. The van der Waals surface area contributed by atoms with E-state index >= 15 is 0 Å². The number of anilines is 2. The molecule has 0 aliphatic carbocycles. The number of hydrogen-bond donors (Lipinski definition) is 0. The first-order valence-corrected chi connectivity index (χ1v) is 10.1. The summed E-state index contributed by atoms with van der Waals surface area (Å²) in [5, 5.41) is 0. The van der Waals surface area contributed by atoms with Gasteiger partial charge in [0.1, 0.15) is 0 Å². The molecule has 0 fully saturated rings. The van der Waals surface area contributed by atoms with Crippen LogP contribution in [0.3, 0.4) is 0 Å². The van der Waals surface area contributed by atoms with Gasteiger partial charge in [0.05, 0.1) is 0 Å². The molecule has 0 N–H and O–H groups in total. The molecule has 144 valence electrons. The van der Waals surface area contributed by atoms with Crippen molar-refractivity contribution < 1.29 is 0 Å². The minimum atomic E-state index is -0.0649. The summed E-state index contributed by atoms with van der Waals surface area (Å²) in [5.41, 5.74) is 7.27. The van der Waals surface area contributed by atoms with Crippen LogP contribution in [0.1, 0.15) is 20.8 Å². The Kier molecular flexibility index (Phi) is 5.22. The van der Waals surface area contributed by atoms with E-state index in [1.165, 1.54) is 33.6 Å². The standard InChI is InChI=1S/C28H27N/c1-28(2,3)29(26-18-10-16-24(20-26)22-12-6-4-7-13-22)27-19-11-17-25(21-27)23-14-8-5-9-15-23/h4-21H,1-3H3. The van der Waals surface area contributed by atoms with Crippen molar-refractivity contribution in [3.8, 4) is 22.3 Å². The first-order valence-electron chi connectivity index (χ1n) is 10.1. The van der Waals surface area contributed by atoms with E-state index in [1.54, 1.807) is 0 Å². The fourth-order valence-electron chi connectivity index (χ4n) is 3.83. The maximum absolute atomic E-state index is 2.42. The summed E-state index contributed by atoms with van der Waals surface area (Å²) in [7, 11) is 0. The molecule has 1 heteroatoms. The molecule has 0 bridgehead atoms. The van der Waals surface area contributed by atoms with Crippen molar-refractivity contribution in [3.05, 3.63) is 109 Å². The fourth-order valence-corrected chi connectivity index (χ4v) is 3.83. The summed E-state index contributed by atoms with van der Waals surface area (Å²) in [6.45, 7) is 6.78. The van der Waals surface area contributed by atoms with Gasteiger partial charge in [0.15, 0.2) is 0 Å². The Balaban J connectivity index is 1.79. The predicted octanol–water partition coefficient (Wildman–Crippen LogP) is 7.96. The molecule has 0 amide bonds. The molecule has 4 rings (SSSR count). The van der Waals surface area contributed by atoms with Crippen LogP contribution >= 0.6 is 0 Å². The average molecular weight is 378 g/mol. The number of benzene rings is 4.